The number of aryl methyl sites for hydroxylation is 1. The lowest BCUT2D eigenvalue weighted by Crippen LogP contribution is -2.16. The number of hydrogen-bond acceptors (Lipinski definition) is 5. The average Bonchev–Trinajstić information content (AvgIpc) is 3.05. The van der Waals surface area contributed by atoms with Crippen LogP contribution in [-0.2, 0) is 6.54 Å². The Morgan fingerprint density at radius 3 is 2.76 bits per heavy atom. The number of H-pyrrole nitrogens is 1. The Bertz CT molecular complexity index is 1250. The summed E-state index contributed by atoms with van der Waals surface area (Å²) in [4.78, 5) is 31.3. The fraction of sp³-hybridized carbons (Fsp3) is 0.0952. The number of carbonyl (C=O) groups is 1. The molecular formula is C21H17ClN4O3. The molecule has 0 aliphatic rings. The molecule has 2 aromatic carbocycles. The lowest BCUT2D eigenvalue weighted by atomic mass is 10.1. The van der Waals surface area contributed by atoms with Crippen LogP contribution in [0.4, 0.5) is 11.4 Å². The van der Waals surface area contributed by atoms with Crippen molar-refractivity contribution < 1.29 is 9.21 Å². The summed E-state index contributed by atoms with van der Waals surface area (Å²) >= 11 is 6.36. The number of amides is 1. The minimum absolute atomic E-state index is 0.120. The minimum Gasteiger partial charge on any atom is -0.442 e. The Morgan fingerprint density at radius 1 is 1.21 bits per heavy atom. The highest BCUT2D eigenvalue weighted by Gasteiger charge is 2.22. The highest BCUT2D eigenvalue weighted by molar-refractivity contribution is 6.33. The van der Waals surface area contributed by atoms with Crippen LogP contribution in [0, 0.1) is 6.92 Å². The number of nitrogens with one attached hydrogen (secondary N) is 3. The van der Waals surface area contributed by atoms with Crippen molar-refractivity contribution in [1.82, 2.24) is 9.97 Å². The van der Waals surface area contributed by atoms with Crippen LogP contribution in [0.15, 0.2) is 64.1 Å². The van der Waals surface area contributed by atoms with E-state index in [1.165, 1.54) is 6.33 Å². The molecule has 4 rings (SSSR count). The van der Waals surface area contributed by atoms with Crippen LogP contribution in [0.1, 0.15) is 21.7 Å². The van der Waals surface area contributed by atoms with E-state index in [2.05, 4.69) is 20.6 Å². The van der Waals surface area contributed by atoms with Gasteiger partial charge in [0, 0.05) is 12.2 Å². The van der Waals surface area contributed by atoms with Crippen LogP contribution in [0.25, 0.3) is 11.1 Å². The maximum Gasteiger partial charge on any atom is 0.262 e. The van der Waals surface area contributed by atoms with Crippen molar-refractivity contribution in [2.75, 3.05) is 10.6 Å². The molecule has 29 heavy (non-hydrogen) atoms. The van der Waals surface area contributed by atoms with Crippen LogP contribution in [0.2, 0.25) is 5.02 Å². The topological polar surface area (TPSA) is 100 Å². The molecule has 2 heterocycles. The summed E-state index contributed by atoms with van der Waals surface area (Å²) in [5.41, 5.74) is 2.21. The maximum absolute atomic E-state index is 12.8. The lowest BCUT2D eigenvalue weighted by Gasteiger charge is -2.11. The summed E-state index contributed by atoms with van der Waals surface area (Å²) in [7, 11) is 0. The van der Waals surface area contributed by atoms with Crippen molar-refractivity contribution in [2.45, 2.75) is 13.5 Å². The molecule has 0 aliphatic heterocycles. The van der Waals surface area contributed by atoms with E-state index < -0.39 is 11.5 Å². The Morgan fingerprint density at radius 2 is 2.00 bits per heavy atom. The van der Waals surface area contributed by atoms with Gasteiger partial charge < -0.3 is 20.0 Å². The standard InChI is InChI=1S/C21H17ClN4O3/c1-12-17(18-19(27)24-11-25-21(18)29-12)20(28)26-14-7-8-16(15(22)9-14)23-10-13-5-3-2-4-6-13/h2-9,11,23H,10H2,1H3,(H,26,28)(H,24,25,27). The summed E-state index contributed by atoms with van der Waals surface area (Å²) in [5.74, 6) is -0.158. The Kier molecular flexibility index (Phi) is 5.05. The quantitative estimate of drug-likeness (QED) is 0.456. The van der Waals surface area contributed by atoms with Gasteiger partial charge in [0.05, 0.1) is 22.6 Å². The molecule has 0 bridgehead atoms. The van der Waals surface area contributed by atoms with E-state index in [1.54, 1.807) is 25.1 Å². The van der Waals surface area contributed by atoms with Gasteiger partial charge in [-0.15, -0.1) is 0 Å². The molecule has 7 nitrogen and oxygen atoms in total. The van der Waals surface area contributed by atoms with Crippen molar-refractivity contribution in [1.29, 1.82) is 0 Å². The molecule has 0 radical (unpaired) electrons. The van der Waals surface area contributed by atoms with Crippen LogP contribution in [0.3, 0.4) is 0 Å². The van der Waals surface area contributed by atoms with Crippen molar-refractivity contribution in [3.8, 4) is 0 Å². The van der Waals surface area contributed by atoms with Crippen molar-refractivity contribution in [2.24, 2.45) is 0 Å². The first-order chi connectivity index (χ1) is 14.0. The first kappa shape index (κ1) is 18.8. The van der Waals surface area contributed by atoms with Gasteiger partial charge >= 0.3 is 0 Å². The van der Waals surface area contributed by atoms with Crippen LogP contribution in [0.5, 0.6) is 0 Å². The van der Waals surface area contributed by atoms with E-state index in [-0.39, 0.29) is 16.7 Å². The largest absolute Gasteiger partial charge is 0.442 e. The number of nitrogens with zero attached hydrogens (tertiary/aromatic N) is 1. The predicted molar refractivity (Wildman–Crippen MR) is 113 cm³/mol. The highest BCUT2D eigenvalue weighted by Crippen LogP contribution is 2.27. The normalized spacial score (nSPS) is 10.8. The van der Waals surface area contributed by atoms with Crippen molar-refractivity contribution in [3.63, 3.8) is 0 Å². The van der Waals surface area contributed by atoms with E-state index in [9.17, 15) is 9.59 Å². The number of carbonyl (C=O) groups excluding carboxylic acids is 1. The molecule has 3 N–H and O–H groups in total. The SMILES string of the molecule is Cc1oc2nc[nH]c(=O)c2c1C(=O)Nc1ccc(NCc2ccccc2)c(Cl)c1. The van der Waals surface area contributed by atoms with Gasteiger partial charge in [-0.2, -0.15) is 0 Å². The van der Waals surface area contributed by atoms with Gasteiger partial charge in [-0.25, -0.2) is 4.98 Å². The maximum atomic E-state index is 12.8. The third-order valence-electron chi connectivity index (χ3n) is 4.45. The molecule has 0 unspecified atom stereocenters. The van der Waals surface area contributed by atoms with Crippen molar-refractivity contribution >= 4 is 40.0 Å². The van der Waals surface area contributed by atoms with Crippen LogP contribution in [-0.4, -0.2) is 15.9 Å². The molecule has 146 valence electrons. The number of furan rings is 1. The average molecular weight is 409 g/mol. The first-order valence-electron chi connectivity index (χ1n) is 8.88. The van der Waals surface area contributed by atoms with E-state index >= 15 is 0 Å². The molecular weight excluding hydrogens is 392 g/mol. The Hall–Kier alpha value is -3.58. The zero-order valence-electron chi connectivity index (χ0n) is 15.5. The molecule has 0 saturated heterocycles. The zero-order valence-corrected chi connectivity index (χ0v) is 16.2. The Balaban J connectivity index is 1.53. The summed E-state index contributed by atoms with van der Waals surface area (Å²) < 4.78 is 5.43. The second-order valence-corrected chi connectivity index (χ2v) is 6.84. The van der Waals surface area contributed by atoms with Gasteiger partial charge in [0.1, 0.15) is 11.1 Å². The first-order valence-corrected chi connectivity index (χ1v) is 9.26. The lowest BCUT2D eigenvalue weighted by molar-refractivity contribution is 0.102. The fourth-order valence-electron chi connectivity index (χ4n) is 3.05. The number of halogens is 1. The number of aromatic nitrogens is 2. The Labute approximate surface area is 170 Å². The van der Waals surface area contributed by atoms with Gasteiger partial charge in [-0.05, 0) is 30.7 Å². The summed E-state index contributed by atoms with van der Waals surface area (Å²) in [6, 6.07) is 15.1. The number of rotatable bonds is 5. The third kappa shape index (κ3) is 3.86. The molecule has 1 amide bonds. The predicted octanol–water partition coefficient (Wildman–Crippen LogP) is 4.34. The summed E-state index contributed by atoms with van der Waals surface area (Å²) in [6.07, 6.45) is 1.23. The second kappa shape index (κ2) is 7.81. The van der Waals surface area contributed by atoms with Gasteiger partial charge in [-0.3, -0.25) is 9.59 Å². The van der Waals surface area contributed by atoms with Crippen LogP contribution >= 0.6 is 11.6 Å². The smallest absolute Gasteiger partial charge is 0.262 e. The number of anilines is 2. The van der Waals surface area contributed by atoms with Gasteiger partial charge in [0.25, 0.3) is 11.5 Å². The number of aromatic amines is 1. The minimum atomic E-state index is -0.471. The summed E-state index contributed by atoms with van der Waals surface area (Å²) in [5, 5.41) is 6.60. The number of hydrogen-bond donors (Lipinski definition) is 3. The molecule has 0 fully saturated rings. The molecule has 0 aliphatic carbocycles. The van der Waals surface area contributed by atoms with E-state index in [1.807, 2.05) is 30.3 Å². The monoisotopic (exact) mass is 408 g/mol. The van der Waals surface area contributed by atoms with Gasteiger partial charge in [-0.1, -0.05) is 41.9 Å². The van der Waals surface area contributed by atoms with Gasteiger partial charge in [0.15, 0.2) is 0 Å². The van der Waals surface area contributed by atoms with Crippen LogP contribution < -0.4 is 16.2 Å². The zero-order chi connectivity index (χ0) is 20.4. The van der Waals surface area contributed by atoms with Gasteiger partial charge in [0.2, 0.25) is 5.71 Å². The second-order valence-electron chi connectivity index (χ2n) is 6.43. The number of fused-ring (bicyclic) bond motifs is 1. The third-order valence-corrected chi connectivity index (χ3v) is 4.76. The van der Waals surface area contributed by atoms with Crippen molar-refractivity contribution in [3.05, 3.63) is 87.1 Å². The molecule has 0 spiro atoms. The summed E-state index contributed by atoms with van der Waals surface area (Å²) in [6.45, 7) is 2.24. The van der Waals surface area contributed by atoms with E-state index in [4.69, 9.17) is 16.0 Å². The number of benzene rings is 2. The molecule has 2 aromatic heterocycles. The van der Waals surface area contributed by atoms with E-state index in [0.29, 0.717) is 23.0 Å². The fourth-order valence-corrected chi connectivity index (χ4v) is 3.30. The molecule has 4 aromatic rings. The molecule has 8 heteroatoms. The molecule has 0 saturated carbocycles. The molecule has 0 atom stereocenters. The highest BCUT2D eigenvalue weighted by atomic mass is 35.5. The van der Waals surface area contributed by atoms with E-state index in [0.717, 1.165) is 11.3 Å².